The van der Waals surface area contributed by atoms with Crippen LogP contribution in [0.15, 0.2) is 24.3 Å². The van der Waals surface area contributed by atoms with Gasteiger partial charge in [0.25, 0.3) is 0 Å². The number of aromatic nitrogens is 3. The fourth-order valence-corrected chi connectivity index (χ4v) is 15.0. The third-order valence-electron chi connectivity index (χ3n) is 12.8. The first kappa shape index (κ1) is 39.8. The number of likely N-dealkylation sites (tertiary alicyclic amines) is 1. The summed E-state index contributed by atoms with van der Waals surface area (Å²) >= 11 is 0. The fraction of sp³-hybridized carbons (Fsp3) is 0.596. The number of hydrogen-bond donors (Lipinski definition) is 1. The molecular formula is C47H63F4N5O4Si. The summed E-state index contributed by atoms with van der Waals surface area (Å²) in [7, 11) is -1.09. The van der Waals surface area contributed by atoms with E-state index in [4.69, 9.17) is 28.3 Å². The van der Waals surface area contributed by atoms with Crippen molar-refractivity contribution in [3.63, 3.8) is 0 Å². The van der Waals surface area contributed by atoms with Crippen molar-refractivity contribution in [1.29, 1.82) is 0 Å². The molecule has 1 N–H and O–H groups in total. The van der Waals surface area contributed by atoms with Crippen LogP contribution in [-0.2, 0) is 11.2 Å². The van der Waals surface area contributed by atoms with Crippen LogP contribution in [-0.4, -0.2) is 98.7 Å². The van der Waals surface area contributed by atoms with Crippen LogP contribution in [0.4, 0.5) is 23.4 Å². The highest BCUT2D eigenvalue weighted by atomic mass is 28.3. The van der Waals surface area contributed by atoms with E-state index in [1.165, 1.54) is 26.2 Å². The van der Waals surface area contributed by atoms with E-state index in [-0.39, 0.29) is 88.8 Å². The van der Waals surface area contributed by atoms with Crippen LogP contribution < -0.4 is 14.4 Å². The standard InChI is InChI=1S/C47H63F4N5O4Si/c1-12-33-36(48)15-14-31-22-32(60-27-58-11)23-34(38(31)33)41-40(49)42-39(37(52-41)17-21-61(28(2)3,29(4)5)30(6)7)44(56-19-13-18-47(9,57)25-56)54-45(53-42)59-26-46(8)24-55(10)20-16-35(46)43(50)51/h14-15,22-23,28-30,35,43,57H,12-13,16,18-20,24-27H2,1-11H3/t35-,46+,47-/m1/s1/i10D3,26D2. The highest BCUT2D eigenvalue weighted by molar-refractivity contribution is 6.90. The highest BCUT2D eigenvalue weighted by Crippen LogP contribution is 2.44. The summed E-state index contributed by atoms with van der Waals surface area (Å²) in [5, 5.41) is 12.3. The number of aryl methyl sites for hydroxylation is 1. The molecule has 2 aliphatic rings. The van der Waals surface area contributed by atoms with E-state index in [9.17, 15) is 16.6 Å². The van der Waals surface area contributed by atoms with E-state index in [1.54, 1.807) is 30.9 Å². The Bertz CT molecular complexity index is 2480. The molecule has 2 aromatic carbocycles. The molecule has 2 aromatic heterocycles. The number of benzene rings is 2. The third-order valence-corrected chi connectivity index (χ3v) is 19.1. The summed E-state index contributed by atoms with van der Waals surface area (Å²) in [6, 6.07) is 5.39. The van der Waals surface area contributed by atoms with Gasteiger partial charge < -0.3 is 29.1 Å². The number of methoxy groups -OCH3 is 1. The average Bonchev–Trinajstić information content (AvgIpc) is 3.22. The fourth-order valence-electron chi connectivity index (χ4n) is 9.79. The molecule has 0 bridgehead atoms. The molecule has 0 amide bonds. The Kier molecular flexibility index (Phi) is 12.0. The Morgan fingerprint density at radius 3 is 2.34 bits per heavy atom. The molecule has 4 heterocycles. The summed E-state index contributed by atoms with van der Waals surface area (Å²) in [5.74, 6) is 0.499. The second kappa shape index (κ2) is 18.4. The van der Waals surface area contributed by atoms with Gasteiger partial charge in [-0.25, -0.2) is 22.5 Å². The molecule has 2 fully saturated rings. The van der Waals surface area contributed by atoms with Crippen molar-refractivity contribution in [2.45, 2.75) is 117 Å². The maximum atomic E-state index is 18.2. The predicted octanol–water partition coefficient (Wildman–Crippen LogP) is 10.2. The number of fused-ring (bicyclic) bond motifs is 2. The predicted molar refractivity (Wildman–Crippen MR) is 237 cm³/mol. The van der Waals surface area contributed by atoms with Gasteiger partial charge in [0.05, 0.1) is 20.3 Å². The van der Waals surface area contributed by atoms with Crippen molar-refractivity contribution in [3.05, 3.63) is 47.2 Å². The largest absolute Gasteiger partial charge is 0.468 e. The number of pyridine rings is 1. The minimum atomic E-state index is -3.06. The van der Waals surface area contributed by atoms with E-state index in [1.807, 2.05) is 0 Å². The third kappa shape index (κ3) is 9.22. The number of rotatable bonds is 13. The average molecular weight is 871 g/mol. The second-order valence-electron chi connectivity index (χ2n) is 18.1. The monoisotopic (exact) mass is 870 g/mol. The van der Waals surface area contributed by atoms with Gasteiger partial charge in [0.1, 0.15) is 42.4 Å². The van der Waals surface area contributed by atoms with Crippen molar-refractivity contribution in [3.8, 4) is 34.5 Å². The molecule has 14 heteroatoms. The van der Waals surface area contributed by atoms with E-state index in [2.05, 4.69) is 58.0 Å². The second-order valence-corrected chi connectivity index (χ2v) is 23.7. The summed E-state index contributed by atoms with van der Waals surface area (Å²) in [4.78, 5) is 16.9. The lowest BCUT2D eigenvalue weighted by atomic mass is 9.73. The first-order valence-electron chi connectivity index (χ1n) is 23.7. The van der Waals surface area contributed by atoms with E-state index < -0.39 is 74.7 Å². The minimum absolute atomic E-state index is 0.00568. The number of piperidine rings is 2. The molecule has 332 valence electrons. The van der Waals surface area contributed by atoms with Crippen LogP contribution in [0, 0.1) is 34.4 Å². The summed E-state index contributed by atoms with van der Waals surface area (Å²) in [6.07, 6.45) is -2.24. The topological polar surface area (TPSA) is 93.1 Å². The Balaban J connectivity index is 1.75. The number of anilines is 1. The SMILES string of the molecule is [2H]C([2H])([2H])N1CC[C@H](C(F)F)[C@](C)(C([2H])([2H])Oc2nc(N3CCC[C@@](C)(O)C3)c3c(C#C[Si](C(C)C)(C(C)C)C(C)C)nc(-c4cc(OCOC)cc5ccc(F)c(CC)c45)c(F)c3n2)C1. The van der Waals surface area contributed by atoms with Crippen LogP contribution in [0.25, 0.3) is 32.9 Å². The molecule has 61 heavy (non-hydrogen) atoms. The van der Waals surface area contributed by atoms with Gasteiger partial charge in [-0.1, -0.05) is 67.4 Å². The van der Waals surface area contributed by atoms with Gasteiger partial charge in [0.2, 0.25) is 6.43 Å². The maximum absolute atomic E-state index is 18.2. The molecule has 2 aliphatic heterocycles. The Morgan fingerprint density at radius 1 is 1.00 bits per heavy atom. The molecule has 4 aromatic rings. The Morgan fingerprint density at radius 2 is 1.72 bits per heavy atom. The van der Waals surface area contributed by atoms with E-state index >= 15 is 8.78 Å². The van der Waals surface area contributed by atoms with Gasteiger partial charge in [0.15, 0.2) is 12.6 Å². The van der Waals surface area contributed by atoms with Crippen LogP contribution in [0.3, 0.4) is 0 Å². The normalized spacial score (nSPS) is 23.2. The molecule has 6 rings (SSSR count). The van der Waals surface area contributed by atoms with Crippen LogP contribution in [0.2, 0.25) is 16.6 Å². The van der Waals surface area contributed by atoms with Crippen LogP contribution in [0.5, 0.6) is 11.8 Å². The molecule has 9 nitrogen and oxygen atoms in total. The van der Waals surface area contributed by atoms with Crippen molar-refractivity contribution < 1.29 is 43.7 Å². The smallest absolute Gasteiger partial charge is 0.319 e. The number of hydrogen-bond acceptors (Lipinski definition) is 9. The van der Waals surface area contributed by atoms with E-state index in [0.717, 1.165) is 4.90 Å². The Hall–Kier alpha value is -4.03. The maximum Gasteiger partial charge on any atom is 0.319 e. The molecular weight excluding hydrogens is 803 g/mol. The molecule has 0 aliphatic carbocycles. The zero-order valence-corrected chi connectivity index (χ0v) is 38.0. The molecule has 0 saturated carbocycles. The Labute approximate surface area is 366 Å². The van der Waals surface area contributed by atoms with Crippen molar-refractivity contribution in [2.24, 2.45) is 11.3 Å². The van der Waals surface area contributed by atoms with Gasteiger partial charge in [-0.15, -0.1) is 5.54 Å². The molecule has 0 unspecified atom stereocenters. The number of nitrogens with zero attached hydrogens (tertiary/aromatic N) is 5. The zero-order chi connectivity index (χ0) is 48.9. The van der Waals surface area contributed by atoms with Gasteiger partial charge in [-0.05, 0) is 97.3 Å². The number of halogens is 4. The number of alkyl halides is 2. The minimum Gasteiger partial charge on any atom is -0.468 e. The summed E-state index contributed by atoms with van der Waals surface area (Å²) < 4.78 is 123. The lowest BCUT2D eigenvalue weighted by Gasteiger charge is -2.44. The number of ether oxygens (including phenoxy) is 3. The first-order valence-corrected chi connectivity index (χ1v) is 23.5. The molecule has 0 radical (unpaired) electrons. The van der Waals surface area contributed by atoms with Crippen molar-refractivity contribution in [1.82, 2.24) is 19.9 Å². The number of aliphatic hydroxyl groups is 1. The first-order chi connectivity index (χ1) is 30.7. The summed E-state index contributed by atoms with van der Waals surface area (Å²) in [6.45, 7) is 11.1. The zero-order valence-electron chi connectivity index (χ0n) is 42.0. The lowest BCUT2D eigenvalue weighted by molar-refractivity contribution is -0.0679. The van der Waals surface area contributed by atoms with Gasteiger partial charge >= 0.3 is 6.01 Å². The molecule has 2 saturated heterocycles. The lowest BCUT2D eigenvalue weighted by Crippen LogP contribution is -2.51. The number of β-amino-alcohol motifs (C(OH)–C–C–N with tert-alkyl or cyclic N) is 1. The molecule has 3 atom stereocenters. The van der Waals surface area contributed by atoms with Gasteiger partial charge in [-0.2, -0.15) is 9.97 Å². The summed E-state index contributed by atoms with van der Waals surface area (Å²) in [5.41, 5.74) is 0.694. The van der Waals surface area contributed by atoms with Crippen molar-refractivity contribution >= 4 is 35.6 Å². The van der Waals surface area contributed by atoms with Crippen LogP contribution >= 0.6 is 0 Å². The van der Waals surface area contributed by atoms with E-state index in [0.29, 0.717) is 30.2 Å². The van der Waals surface area contributed by atoms with Gasteiger partial charge in [0, 0.05) is 47.8 Å². The molecule has 0 spiro atoms. The van der Waals surface area contributed by atoms with Gasteiger partial charge in [-0.3, -0.25) is 0 Å². The van der Waals surface area contributed by atoms with Crippen LogP contribution in [0.1, 0.15) is 99.7 Å². The quantitative estimate of drug-likeness (QED) is 0.0610. The van der Waals surface area contributed by atoms with Crippen molar-refractivity contribution in [2.75, 3.05) is 58.5 Å². The highest BCUT2D eigenvalue weighted by Gasteiger charge is 2.45.